The molecule has 1 aromatic rings. The van der Waals surface area contributed by atoms with Gasteiger partial charge in [0.05, 0.1) is 23.1 Å². The maximum absolute atomic E-state index is 12.0. The fourth-order valence-electron chi connectivity index (χ4n) is 2.54. The van der Waals surface area contributed by atoms with E-state index in [1.54, 1.807) is 6.20 Å². The highest BCUT2D eigenvalue weighted by Gasteiger charge is 2.32. The molecular formula is C15H20N2O2S. The van der Waals surface area contributed by atoms with Gasteiger partial charge in [-0.25, -0.2) is 14.8 Å². The zero-order chi connectivity index (χ0) is 13.9. The zero-order valence-electron chi connectivity index (χ0n) is 11.8. The Labute approximate surface area is 123 Å². The van der Waals surface area contributed by atoms with Gasteiger partial charge in [-0.2, -0.15) is 11.8 Å². The van der Waals surface area contributed by atoms with Crippen LogP contribution in [0.3, 0.4) is 0 Å². The van der Waals surface area contributed by atoms with Crippen LogP contribution in [-0.4, -0.2) is 28.3 Å². The summed E-state index contributed by atoms with van der Waals surface area (Å²) in [6.07, 6.45) is 7.62. The van der Waals surface area contributed by atoms with Gasteiger partial charge in [0.15, 0.2) is 0 Å². The Morgan fingerprint density at radius 3 is 2.90 bits per heavy atom. The molecule has 1 saturated carbocycles. The molecule has 3 rings (SSSR count). The lowest BCUT2D eigenvalue weighted by Gasteiger charge is -2.20. The molecule has 20 heavy (non-hydrogen) atoms. The minimum Gasteiger partial charge on any atom is -0.462 e. The second-order valence-corrected chi connectivity index (χ2v) is 6.69. The molecule has 1 aliphatic carbocycles. The van der Waals surface area contributed by atoms with E-state index in [2.05, 4.69) is 4.98 Å². The highest BCUT2D eigenvalue weighted by Crippen LogP contribution is 2.42. The van der Waals surface area contributed by atoms with E-state index in [4.69, 9.17) is 9.72 Å². The number of nitrogens with zero attached hydrogens (tertiary/aromatic N) is 2. The van der Waals surface area contributed by atoms with Gasteiger partial charge in [0.1, 0.15) is 5.82 Å². The topological polar surface area (TPSA) is 52.1 Å². The highest BCUT2D eigenvalue weighted by atomic mass is 32.2. The van der Waals surface area contributed by atoms with Crippen molar-refractivity contribution < 1.29 is 9.53 Å². The third-order valence-corrected chi connectivity index (χ3v) is 5.14. The van der Waals surface area contributed by atoms with Crippen molar-refractivity contribution in [2.24, 2.45) is 0 Å². The van der Waals surface area contributed by atoms with Crippen LogP contribution in [0.5, 0.6) is 0 Å². The van der Waals surface area contributed by atoms with E-state index in [-0.39, 0.29) is 5.97 Å². The first kappa shape index (κ1) is 13.9. The molecule has 1 saturated heterocycles. The van der Waals surface area contributed by atoms with Crippen molar-refractivity contribution in [3.63, 3.8) is 0 Å². The van der Waals surface area contributed by atoms with Gasteiger partial charge in [-0.3, -0.25) is 0 Å². The Morgan fingerprint density at radius 2 is 2.25 bits per heavy atom. The van der Waals surface area contributed by atoms with Crippen molar-refractivity contribution in [1.82, 2.24) is 9.97 Å². The van der Waals surface area contributed by atoms with Gasteiger partial charge in [-0.15, -0.1) is 0 Å². The van der Waals surface area contributed by atoms with Crippen molar-refractivity contribution in [2.75, 3.05) is 12.4 Å². The normalized spacial score (nSPS) is 22.6. The first-order valence-corrected chi connectivity index (χ1v) is 8.50. The van der Waals surface area contributed by atoms with E-state index in [1.165, 1.54) is 18.6 Å². The summed E-state index contributed by atoms with van der Waals surface area (Å²) >= 11 is 1.94. The highest BCUT2D eigenvalue weighted by molar-refractivity contribution is 7.99. The van der Waals surface area contributed by atoms with Gasteiger partial charge in [0.2, 0.25) is 0 Å². The standard InChI is InChI=1S/C15H20N2O2S/c1-2-19-15(18)11-9-16-14(12-5-3-4-8-20-12)17-13(11)10-6-7-10/h9-10,12H,2-8H2,1H3. The van der Waals surface area contributed by atoms with Gasteiger partial charge in [0.25, 0.3) is 0 Å². The summed E-state index contributed by atoms with van der Waals surface area (Å²) in [4.78, 5) is 21.2. The molecule has 0 bridgehead atoms. The fraction of sp³-hybridized carbons (Fsp3) is 0.667. The zero-order valence-corrected chi connectivity index (χ0v) is 12.6. The molecular weight excluding hydrogens is 272 g/mol. The summed E-state index contributed by atoms with van der Waals surface area (Å²) in [6, 6.07) is 0. The number of carbonyl (C=O) groups excluding carboxylic acids is 1. The Morgan fingerprint density at radius 1 is 1.40 bits per heavy atom. The largest absolute Gasteiger partial charge is 0.462 e. The van der Waals surface area contributed by atoms with E-state index in [9.17, 15) is 4.79 Å². The Bertz CT molecular complexity index is 497. The first-order valence-electron chi connectivity index (χ1n) is 7.45. The van der Waals surface area contributed by atoms with Gasteiger partial charge in [-0.1, -0.05) is 6.42 Å². The monoisotopic (exact) mass is 292 g/mol. The molecule has 1 atom stereocenters. The SMILES string of the molecule is CCOC(=O)c1cnc(C2CCCCS2)nc1C1CC1. The van der Waals surface area contributed by atoms with Gasteiger partial charge in [0, 0.05) is 12.1 Å². The maximum Gasteiger partial charge on any atom is 0.341 e. The number of thioether (sulfide) groups is 1. The average molecular weight is 292 g/mol. The number of rotatable bonds is 4. The minimum atomic E-state index is -0.280. The molecule has 1 aromatic heterocycles. The van der Waals surface area contributed by atoms with Crippen LogP contribution in [-0.2, 0) is 4.74 Å². The minimum absolute atomic E-state index is 0.280. The van der Waals surface area contributed by atoms with Crippen LogP contribution in [0.15, 0.2) is 6.20 Å². The van der Waals surface area contributed by atoms with Crippen molar-refractivity contribution in [1.29, 1.82) is 0 Å². The summed E-state index contributed by atoms with van der Waals surface area (Å²) in [5.41, 5.74) is 1.48. The average Bonchev–Trinajstić information content (AvgIpc) is 3.32. The number of ether oxygens (including phenoxy) is 1. The van der Waals surface area contributed by atoms with Crippen LogP contribution < -0.4 is 0 Å². The molecule has 2 heterocycles. The summed E-state index contributed by atoms with van der Waals surface area (Å²) in [6.45, 7) is 2.21. The molecule has 1 aliphatic heterocycles. The Hall–Kier alpha value is -1.10. The Balaban J connectivity index is 1.87. The van der Waals surface area contributed by atoms with E-state index in [0.717, 1.165) is 30.8 Å². The molecule has 2 fully saturated rings. The summed E-state index contributed by atoms with van der Waals surface area (Å²) in [5.74, 6) is 2.25. The molecule has 5 heteroatoms. The van der Waals surface area contributed by atoms with E-state index in [1.807, 2.05) is 18.7 Å². The third-order valence-electron chi connectivity index (χ3n) is 3.76. The van der Waals surface area contributed by atoms with Gasteiger partial charge < -0.3 is 4.74 Å². The summed E-state index contributed by atoms with van der Waals surface area (Å²) in [5, 5.41) is 0.400. The van der Waals surface area contributed by atoms with E-state index in [0.29, 0.717) is 23.3 Å². The maximum atomic E-state index is 12.0. The third kappa shape index (κ3) is 2.97. The molecule has 108 valence electrons. The van der Waals surface area contributed by atoms with Crippen LogP contribution in [0.2, 0.25) is 0 Å². The number of aromatic nitrogens is 2. The van der Waals surface area contributed by atoms with Gasteiger partial charge >= 0.3 is 5.97 Å². The van der Waals surface area contributed by atoms with Crippen LogP contribution >= 0.6 is 11.8 Å². The van der Waals surface area contributed by atoms with Gasteiger partial charge in [-0.05, 0) is 38.4 Å². The van der Waals surface area contributed by atoms with Crippen LogP contribution in [0.25, 0.3) is 0 Å². The quantitative estimate of drug-likeness (QED) is 0.795. The number of carbonyl (C=O) groups is 1. The molecule has 1 unspecified atom stereocenters. The molecule has 2 aliphatic rings. The summed E-state index contributed by atoms with van der Waals surface area (Å²) < 4.78 is 5.11. The lowest BCUT2D eigenvalue weighted by molar-refractivity contribution is 0.0523. The van der Waals surface area contributed by atoms with E-state index >= 15 is 0 Å². The van der Waals surface area contributed by atoms with Crippen LogP contribution in [0.4, 0.5) is 0 Å². The fourth-order valence-corrected chi connectivity index (χ4v) is 3.79. The summed E-state index contributed by atoms with van der Waals surface area (Å²) in [7, 11) is 0. The number of esters is 1. The number of hydrogen-bond donors (Lipinski definition) is 0. The van der Waals surface area contributed by atoms with Crippen molar-refractivity contribution in [3.05, 3.63) is 23.3 Å². The predicted molar refractivity (Wildman–Crippen MR) is 79.0 cm³/mol. The van der Waals surface area contributed by atoms with E-state index < -0.39 is 0 Å². The first-order chi connectivity index (χ1) is 9.79. The second kappa shape index (κ2) is 6.12. The molecule has 0 radical (unpaired) electrons. The lowest BCUT2D eigenvalue weighted by Crippen LogP contribution is -2.14. The molecule has 0 spiro atoms. The Kier molecular flexibility index (Phi) is 4.24. The van der Waals surface area contributed by atoms with Crippen molar-refractivity contribution >= 4 is 17.7 Å². The molecule has 0 aromatic carbocycles. The predicted octanol–water partition coefficient (Wildman–Crippen LogP) is 3.49. The van der Waals surface area contributed by atoms with Crippen molar-refractivity contribution in [2.45, 2.75) is 50.2 Å². The second-order valence-electron chi connectivity index (χ2n) is 5.38. The molecule has 4 nitrogen and oxygen atoms in total. The lowest BCUT2D eigenvalue weighted by atomic mass is 10.1. The molecule has 0 amide bonds. The van der Waals surface area contributed by atoms with Crippen LogP contribution in [0.1, 0.15) is 72.1 Å². The smallest absolute Gasteiger partial charge is 0.341 e. The van der Waals surface area contributed by atoms with Crippen LogP contribution in [0, 0.1) is 0 Å². The molecule has 0 N–H and O–H groups in total. The number of hydrogen-bond acceptors (Lipinski definition) is 5. The van der Waals surface area contributed by atoms with Crippen molar-refractivity contribution in [3.8, 4) is 0 Å².